The first kappa shape index (κ1) is 17.8. The quantitative estimate of drug-likeness (QED) is 0.773. The third-order valence-corrected chi connectivity index (χ3v) is 4.17. The standard InChI is InChI=1S/C18H23N3O3/c19-13-14-6-5-7-15(12-14)24-11-4-2-9-17(22)21-10-3-1-8-16(21)18(20)23/h5-7,12,16H,1-4,8-11H2,(H2,20,23). The van der Waals surface area contributed by atoms with Gasteiger partial charge in [-0.3, -0.25) is 9.59 Å². The molecule has 2 rings (SSSR count). The summed E-state index contributed by atoms with van der Waals surface area (Å²) in [4.78, 5) is 25.3. The Morgan fingerprint density at radius 2 is 2.17 bits per heavy atom. The normalized spacial score (nSPS) is 17.1. The lowest BCUT2D eigenvalue weighted by molar-refractivity contribution is -0.141. The first-order chi connectivity index (χ1) is 11.6. The summed E-state index contributed by atoms with van der Waals surface area (Å²) in [6.45, 7) is 1.10. The van der Waals surface area contributed by atoms with Gasteiger partial charge in [-0.25, -0.2) is 0 Å². The molecule has 0 spiro atoms. The van der Waals surface area contributed by atoms with Gasteiger partial charge in [-0.1, -0.05) is 6.07 Å². The summed E-state index contributed by atoms with van der Waals surface area (Å²) in [6.07, 6.45) is 4.35. The minimum absolute atomic E-state index is 0.00928. The molecule has 1 heterocycles. The van der Waals surface area contributed by atoms with E-state index in [1.54, 1.807) is 29.2 Å². The lowest BCUT2D eigenvalue weighted by atomic mass is 10.0. The monoisotopic (exact) mass is 329 g/mol. The summed E-state index contributed by atoms with van der Waals surface area (Å²) >= 11 is 0. The van der Waals surface area contributed by atoms with Crippen LogP contribution in [0.25, 0.3) is 0 Å². The highest BCUT2D eigenvalue weighted by Gasteiger charge is 2.29. The maximum Gasteiger partial charge on any atom is 0.240 e. The molecular formula is C18H23N3O3. The molecule has 1 atom stereocenters. The van der Waals surface area contributed by atoms with Crippen molar-refractivity contribution in [3.05, 3.63) is 29.8 Å². The Hall–Kier alpha value is -2.55. The smallest absolute Gasteiger partial charge is 0.240 e. The Bertz CT molecular complexity index is 624. The summed E-state index contributed by atoms with van der Waals surface area (Å²) in [5, 5.41) is 8.84. The zero-order chi connectivity index (χ0) is 17.4. The number of carbonyl (C=O) groups excluding carboxylic acids is 2. The number of likely N-dealkylation sites (tertiary alicyclic amines) is 1. The van der Waals surface area contributed by atoms with Crippen LogP contribution in [0.2, 0.25) is 0 Å². The lowest BCUT2D eigenvalue weighted by Crippen LogP contribution is -2.50. The van der Waals surface area contributed by atoms with Crippen LogP contribution in [-0.4, -0.2) is 35.9 Å². The van der Waals surface area contributed by atoms with Gasteiger partial charge in [-0.15, -0.1) is 0 Å². The van der Waals surface area contributed by atoms with E-state index in [2.05, 4.69) is 6.07 Å². The van der Waals surface area contributed by atoms with Gasteiger partial charge in [-0.2, -0.15) is 5.26 Å². The van der Waals surface area contributed by atoms with E-state index in [1.165, 1.54) is 0 Å². The zero-order valence-corrected chi connectivity index (χ0v) is 13.7. The second kappa shape index (κ2) is 8.92. The van der Waals surface area contributed by atoms with E-state index in [-0.39, 0.29) is 5.91 Å². The average molecular weight is 329 g/mol. The molecule has 1 fully saturated rings. The molecule has 1 unspecified atom stereocenters. The fraction of sp³-hybridized carbons (Fsp3) is 0.500. The van der Waals surface area contributed by atoms with Crippen molar-refractivity contribution in [3.63, 3.8) is 0 Å². The minimum Gasteiger partial charge on any atom is -0.494 e. The minimum atomic E-state index is -0.448. The molecule has 128 valence electrons. The number of ether oxygens (including phenoxy) is 1. The van der Waals surface area contributed by atoms with E-state index in [0.717, 1.165) is 19.3 Å². The van der Waals surface area contributed by atoms with Gasteiger partial charge in [0.25, 0.3) is 0 Å². The highest BCUT2D eigenvalue weighted by Crippen LogP contribution is 2.18. The number of nitrogens with zero attached hydrogens (tertiary/aromatic N) is 2. The average Bonchev–Trinajstić information content (AvgIpc) is 2.61. The predicted molar refractivity (Wildman–Crippen MR) is 89.0 cm³/mol. The van der Waals surface area contributed by atoms with Crippen LogP contribution in [-0.2, 0) is 9.59 Å². The molecular weight excluding hydrogens is 306 g/mol. The van der Waals surface area contributed by atoms with Gasteiger partial charge in [0.05, 0.1) is 18.2 Å². The van der Waals surface area contributed by atoms with Gasteiger partial charge >= 0.3 is 0 Å². The second-order valence-corrected chi connectivity index (χ2v) is 5.95. The third-order valence-electron chi connectivity index (χ3n) is 4.17. The van der Waals surface area contributed by atoms with E-state index in [9.17, 15) is 9.59 Å². The molecule has 6 heteroatoms. The number of nitrogens with two attached hydrogens (primary N) is 1. The van der Waals surface area contributed by atoms with E-state index in [4.69, 9.17) is 15.7 Å². The summed E-state index contributed by atoms with van der Waals surface area (Å²) in [7, 11) is 0. The van der Waals surface area contributed by atoms with Crippen molar-refractivity contribution >= 4 is 11.8 Å². The van der Waals surface area contributed by atoms with Crippen molar-refractivity contribution < 1.29 is 14.3 Å². The van der Waals surface area contributed by atoms with Crippen LogP contribution in [0.15, 0.2) is 24.3 Å². The number of benzene rings is 1. The van der Waals surface area contributed by atoms with Gasteiger partial charge < -0.3 is 15.4 Å². The van der Waals surface area contributed by atoms with Crippen LogP contribution in [0, 0.1) is 11.3 Å². The lowest BCUT2D eigenvalue weighted by Gasteiger charge is -2.33. The number of carbonyl (C=O) groups is 2. The molecule has 1 aromatic rings. The van der Waals surface area contributed by atoms with Crippen molar-refractivity contribution in [1.82, 2.24) is 4.90 Å². The number of nitriles is 1. The Kier molecular flexibility index (Phi) is 6.62. The molecule has 0 aliphatic carbocycles. The topological polar surface area (TPSA) is 96.4 Å². The molecule has 0 bridgehead atoms. The Balaban J connectivity index is 1.70. The van der Waals surface area contributed by atoms with E-state index >= 15 is 0 Å². The highest BCUT2D eigenvalue weighted by atomic mass is 16.5. The number of hydrogen-bond donors (Lipinski definition) is 1. The fourth-order valence-electron chi connectivity index (χ4n) is 2.89. The largest absolute Gasteiger partial charge is 0.494 e. The summed E-state index contributed by atoms with van der Waals surface area (Å²) in [6, 6.07) is 8.61. The molecule has 0 radical (unpaired) electrons. The molecule has 1 aliphatic rings. The predicted octanol–water partition coefficient (Wildman–Crippen LogP) is 1.97. The molecule has 1 saturated heterocycles. The van der Waals surface area contributed by atoms with Crippen molar-refractivity contribution in [2.24, 2.45) is 5.73 Å². The van der Waals surface area contributed by atoms with Crippen LogP contribution in [0.3, 0.4) is 0 Å². The second-order valence-electron chi connectivity index (χ2n) is 5.95. The summed E-state index contributed by atoms with van der Waals surface area (Å²) < 4.78 is 5.59. The van der Waals surface area contributed by atoms with E-state index in [1.807, 2.05) is 0 Å². The van der Waals surface area contributed by atoms with Crippen LogP contribution in [0.4, 0.5) is 0 Å². The van der Waals surface area contributed by atoms with Gasteiger partial charge in [0, 0.05) is 13.0 Å². The maximum absolute atomic E-state index is 12.3. The zero-order valence-electron chi connectivity index (χ0n) is 13.7. The number of unbranched alkanes of at least 4 members (excludes halogenated alkanes) is 1. The molecule has 0 aromatic heterocycles. The fourth-order valence-corrected chi connectivity index (χ4v) is 2.89. The molecule has 0 saturated carbocycles. The van der Waals surface area contributed by atoms with Gasteiger partial charge in [-0.05, 0) is 50.3 Å². The molecule has 24 heavy (non-hydrogen) atoms. The SMILES string of the molecule is N#Cc1cccc(OCCCCC(=O)N2CCCCC2C(N)=O)c1. The molecule has 2 amide bonds. The van der Waals surface area contributed by atoms with Crippen LogP contribution < -0.4 is 10.5 Å². The van der Waals surface area contributed by atoms with Crippen LogP contribution in [0.5, 0.6) is 5.75 Å². The van der Waals surface area contributed by atoms with Crippen molar-refractivity contribution in [1.29, 1.82) is 5.26 Å². The first-order valence-corrected chi connectivity index (χ1v) is 8.33. The molecule has 6 nitrogen and oxygen atoms in total. The van der Waals surface area contributed by atoms with Crippen molar-refractivity contribution in [3.8, 4) is 11.8 Å². The van der Waals surface area contributed by atoms with Gasteiger partial charge in [0.2, 0.25) is 11.8 Å². The number of hydrogen-bond acceptors (Lipinski definition) is 4. The first-order valence-electron chi connectivity index (χ1n) is 8.33. The number of piperidine rings is 1. The van der Waals surface area contributed by atoms with E-state index < -0.39 is 11.9 Å². The molecule has 1 aliphatic heterocycles. The Labute approximate surface area is 142 Å². The maximum atomic E-state index is 12.3. The van der Waals surface area contributed by atoms with Gasteiger partial charge in [0.15, 0.2) is 0 Å². The van der Waals surface area contributed by atoms with Crippen LogP contribution >= 0.6 is 0 Å². The number of rotatable bonds is 7. The van der Waals surface area contributed by atoms with Crippen molar-refractivity contribution in [2.45, 2.75) is 44.6 Å². The highest BCUT2D eigenvalue weighted by molar-refractivity contribution is 5.86. The Morgan fingerprint density at radius 3 is 2.92 bits per heavy atom. The van der Waals surface area contributed by atoms with Crippen molar-refractivity contribution in [2.75, 3.05) is 13.2 Å². The van der Waals surface area contributed by atoms with E-state index in [0.29, 0.717) is 43.7 Å². The number of primary amides is 1. The molecule has 1 aromatic carbocycles. The summed E-state index contributed by atoms with van der Waals surface area (Å²) in [5.74, 6) is 0.235. The van der Waals surface area contributed by atoms with Crippen LogP contribution in [0.1, 0.15) is 44.1 Å². The third kappa shape index (κ3) is 4.98. The van der Waals surface area contributed by atoms with Gasteiger partial charge in [0.1, 0.15) is 11.8 Å². The molecule has 2 N–H and O–H groups in total. The summed E-state index contributed by atoms with van der Waals surface area (Å²) in [5.41, 5.74) is 5.94. The Morgan fingerprint density at radius 1 is 1.33 bits per heavy atom. The number of amides is 2.